The van der Waals surface area contributed by atoms with E-state index in [1.807, 2.05) is 41.8 Å². The third-order valence-corrected chi connectivity index (χ3v) is 4.23. The van der Waals surface area contributed by atoms with Crippen molar-refractivity contribution in [3.05, 3.63) is 42.0 Å². The van der Waals surface area contributed by atoms with Crippen LogP contribution in [0, 0.1) is 6.92 Å². The summed E-state index contributed by atoms with van der Waals surface area (Å²) in [5.74, 6) is 0.863. The van der Waals surface area contributed by atoms with Crippen LogP contribution < -0.4 is 4.90 Å². The van der Waals surface area contributed by atoms with Gasteiger partial charge in [0.2, 0.25) is 5.95 Å². The van der Waals surface area contributed by atoms with Crippen LogP contribution in [-0.4, -0.2) is 51.5 Å². The van der Waals surface area contributed by atoms with Gasteiger partial charge in [0.15, 0.2) is 0 Å². The molecule has 1 fully saturated rings. The van der Waals surface area contributed by atoms with E-state index in [-0.39, 0.29) is 5.91 Å². The molecule has 3 rings (SSSR count). The average molecular weight is 299 g/mol. The third-order valence-electron chi connectivity index (χ3n) is 4.23. The number of anilines is 1. The van der Waals surface area contributed by atoms with Crippen LogP contribution in [0.2, 0.25) is 0 Å². The van der Waals surface area contributed by atoms with Crippen LogP contribution >= 0.6 is 0 Å². The van der Waals surface area contributed by atoms with Gasteiger partial charge < -0.3 is 14.4 Å². The Kier molecular flexibility index (Phi) is 4.09. The minimum atomic E-state index is 0.119. The van der Waals surface area contributed by atoms with Gasteiger partial charge in [-0.15, -0.1) is 0 Å². The number of rotatable bonds is 2. The van der Waals surface area contributed by atoms with E-state index in [0.29, 0.717) is 6.54 Å². The quantitative estimate of drug-likeness (QED) is 0.843. The van der Waals surface area contributed by atoms with Gasteiger partial charge in [0, 0.05) is 57.5 Å². The Balaban J connectivity index is 1.70. The molecule has 0 radical (unpaired) electrons. The fourth-order valence-corrected chi connectivity index (χ4v) is 2.78. The maximum absolute atomic E-state index is 12.7. The monoisotopic (exact) mass is 299 g/mol. The van der Waals surface area contributed by atoms with Crippen LogP contribution in [0.1, 0.15) is 22.5 Å². The molecule has 0 saturated carbocycles. The summed E-state index contributed by atoms with van der Waals surface area (Å²) in [5, 5.41) is 0. The van der Waals surface area contributed by atoms with Crippen molar-refractivity contribution in [2.75, 3.05) is 31.1 Å². The molecule has 0 aliphatic carbocycles. The van der Waals surface area contributed by atoms with E-state index in [1.165, 1.54) is 0 Å². The molecule has 2 aromatic heterocycles. The number of hydrogen-bond donors (Lipinski definition) is 0. The molecule has 0 N–H and O–H groups in total. The van der Waals surface area contributed by atoms with Gasteiger partial charge in [-0.2, -0.15) is 0 Å². The van der Waals surface area contributed by atoms with E-state index in [2.05, 4.69) is 14.9 Å². The van der Waals surface area contributed by atoms with Crippen LogP contribution in [0.3, 0.4) is 0 Å². The topological polar surface area (TPSA) is 54.3 Å². The molecular formula is C16H21N5O. The Morgan fingerprint density at radius 2 is 1.91 bits per heavy atom. The first kappa shape index (κ1) is 14.6. The van der Waals surface area contributed by atoms with Gasteiger partial charge in [0.25, 0.3) is 5.91 Å². The zero-order chi connectivity index (χ0) is 15.5. The fraction of sp³-hybridized carbons (Fsp3) is 0.438. The molecule has 2 aromatic rings. The lowest BCUT2D eigenvalue weighted by Gasteiger charge is -2.22. The smallest absolute Gasteiger partial charge is 0.255 e. The number of nitrogens with zero attached hydrogens (tertiary/aromatic N) is 5. The van der Waals surface area contributed by atoms with Crippen molar-refractivity contribution < 1.29 is 4.79 Å². The van der Waals surface area contributed by atoms with Crippen molar-refractivity contribution in [2.24, 2.45) is 7.05 Å². The van der Waals surface area contributed by atoms with Crippen molar-refractivity contribution in [3.63, 3.8) is 0 Å². The average Bonchev–Trinajstić information content (AvgIpc) is 2.77. The number of carbonyl (C=O) groups is 1. The summed E-state index contributed by atoms with van der Waals surface area (Å²) >= 11 is 0. The molecule has 1 saturated heterocycles. The highest BCUT2D eigenvalue weighted by Crippen LogP contribution is 2.15. The predicted octanol–water partition coefficient (Wildman–Crippen LogP) is 1.48. The fourth-order valence-electron chi connectivity index (χ4n) is 2.78. The van der Waals surface area contributed by atoms with E-state index >= 15 is 0 Å². The van der Waals surface area contributed by atoms with E-state index < -0.39 is 0 Å². The number of carbonyl (C=O) groups excluding carboxylic acids is 1. The molecule has 1 aliphatic rings. The van der Waals surface area contributed by atoms with Gasteiger partial charge in [0.05, 0.1) is 5.56 Å². The van der Waals surface area contributed by atoms with Crippen LogP contribution in [0.5, 0.6) is 0 Å². The molecule has 0 aromatic carbocycles. The molecule has 22 heavy (non-hydrogen) atoms. The summed E-state index contributed by atoms with van der Waals surface area (Å²) in [6.07, 6.45) is 6.37. The Hall–Kier alpha value is -2.37. The summed E-state index contributed by atoms with van der Waals surface area (Å²) in [4.78, 5) is 25.4. The molecule has 6 heteroatoms. The first-order valence-electron chi connectivity index (χ1n) is 7.60. The van der Waals surface area contributed by atoms with Crippen molar-refractivity contribution in [1.29, 1.82) is 0 Å². The number of hydrogen-bond acceptors (Lipinski definition) is 4. The van der Waals surface area contributed by atoms with E-state index in [0.717, 1.165) is 43.3 Å². The molecule has 1 amide bonds. The molecule has 1 aliphatic heterocycles. The lowest BCUT2D eigenvalue weighted by molar-refractivity contribution is 0.0766. The van der Waals surface area contributed by atoms with Gasteiger partial charge in [-0.1, -0.05) is 0 Å². The first-order valence-corrected chi connectivity index (χ1v) is 7.60. The third kappa shape index (κ3) is 2.81. The predicted molar refractivity (Wildman–Crippen MR) is 84.9 cm³/mol. The second-order valence-corrected chi connectivity index (χ2v) is 5.61. The summed E-state index contributed by atoms with van der Waals surface area (Å²) in [6, 6.07) is 3.72. The van der Waals surface area contributed by atoms with Crippen LogP contribution in [-0.2, 0) is 7.05 Å². The number of aromatic nitrogens is 3. The summed E-state index contributed by atoms with van der Waals surface area (Å²) in [5.41, 5.74) is 1.81. The van der Waals surface area contributed by atoms with Gasteiger partial charge in [-0.3, -0.25) is 4.79 Å². The maximum atomic E-state index is 12.7. The SMILES string of the molecule is Cc1c(C(=O)N2CCCN(c3ncccn3)CC2)ccn1C. The van der Waals surface area contributed by atoms with E-state index in [4.69, 9.17) is 0 Å². The van der Waals surface area contributed by atoms with E-state index in [9.17, 15) is 4.79 Å². The van der Waals surface area contributed by atoms with Crippen molar-refractivity contribution in [2.45, 2.75) is 13.3 Å². The molecule has 6 nitrogen and oxygen atoms in total. The molecule has 0 atom stereocenters. The zero-order valence-electron chi connectivity index (χ0n) is 13.1. The Labute approximate surface area is 130 Å². The standard InChI is InChI=1S/C16H21N5O/c1-13-14(5-10-19(13)2)15(22)20-8-4-9-21(12-11-20)16-17-6-3-7-18-16/h3,5-7,10H,4,8-9,11-12H2,1-2H3. The van der Waals surface area contributed by atoms with Gasteiger partial charge in [-0.25, -0.2) is 9.97 Å². The highest BCUT2D eigenvalue weighted by molar-refractivity contribution is 5.95. The summed E-state index contributed by atoms with van der Waals surface area (Å²) in [7, 11) is 1.96. The second-order valence-electron chi connectivity index (χ2n) is 5.61. The minimum absolute atomic E-state index is 0.119. The highest BCUT2D eigenvalue weighted by atomic mass is 16.2. The van der Waals surface area contributed by atoms with Crippen LogP contribution in [0.4, 0.5) is 5.95 Å². The Bertz CT molecular complexity index is 652. The normalized spacial score (nSPS) is 15.7. The highest BCUT2D eigenvalue weighted by Gasteiger charge is 2.23. The largest absolute Gasteiger partial charge is 0.354 e. The summed E-state index contributed by atoms with van der Waals surface area (Å²) < 4.78 is 1.98. The number of amides is 1. The van der Waals surface area contributed by atoms with Gasteiger partial charge >= 0.3 is 0 Å². The van der Waals surface area contributed by atoms with E-state index in [1.54, 1.807) is 12.4 Å². The first-order chi connectivity index (χ1) is 10.7. The molecule has 0 unspecified atom stereocenters. The number of aryl methyl sites for hydroxylation is 1. The van der Waals surface area contributed by atoms with Gasteiger partial charge in [0.1, 0.15) is 0 Å². The van der Waals surface area contributed by atoms with Crippen molar-refractivity contribution >= 4 is 11.9 Å². The minimum Gasteiger partial charge on any atom is -0.354 e. The Morgan fingerprint density at radius 3 is 2.59 bits per heavy atom. The molecule has 0 spiro atoms. The molecule has 3 heterocycles. The molecule has 0 bridgehead atoms. The lowest BCUT2D eigenvalue weighted by Crippen LogP contribution is -2.35. The summed E-state index contributed by atoms with van der Waals surface area (Å²) in [6.45, 7) is 5.10. The van der Waals surface area contributed by atoms with Crippen LogP contribution in [0.25, 0.3) is 0 Å². The van der Waals surface area contributed by atoms with Crippen molar-refractivity contribution in [1.82, 2.24) is 19.4 Å². The van der Waals surface area contributed by atoms with Crippen molar-refractivity contribution in [3.8, 4) is 0 Å². The van der Waals surface area contributed by atoms with Crippen LogP contribution in [0.15, 0.2) is 30.7 Å². The lowest BCUT2D eigenvalue weighted by atomic mass is 10.2. The molecule has 116 valence electrons. The maximum Gasteiger partial charge on any atom is 0.255 e. The van der Waals surface area contributed by atoms with Gasteiger partial charge in [-0.05, 0) is 25.5 Å². The zero-order valence-corrected chi connectivity index (χ0v) is 13.1. The Morgan fingerprint density at radius 1 is 1.14 bits per heavy atom. The second kappa shape index (κ2) is 6.17. The molecular weight excluding hydrogens is 278 g/mol.